The van der Waals surface area contributed by atoms with Crippen LogP contribution >= 0.6 is 39.9 Å². The van der Waals surface area contributed by atoms with E-state index in [1.165, 1.54) is 11.8 Å². The van der Waals surface area contributed by atoms with Crippen molar-refractivity contribution in [2.75, 3.05) is 4.90 Å². The van der Waals surface area contributed by atoms with E-state index in [0.717, 1.165) is 15.7 Å². The highest BCUT2D eigenvalue weighted by molar-refractivity contribution is 9.10. The lowest BCUT2D eigenvalue weighted by Crippen LogP contribution is -2.27. The number of hydrogen-bond acceptors (Lipinski definition) is 3. The minimum Gasteiger partial charge on any atom is -0.268 e. The van der Waals surface area contributed by atoms with E-state index in [4.69, 9.17) is 12.2 Å². The molecule has 3 rings (SSSR count). The highest BCUT2D eigenvalue weighted by Crippen LogP contribution is 2.35. The number of benzene rings is 2. The van der Waals surface area contributed by atoms with Gasteiger partial charge in [0.25, 0.3) is 5.91 Å². The number of carbonyl (C=O) groups excluding carboxylic acids is 1. The number of rotatable bonds is 3. The van der Waals surface area contributed by atoms with Crippen molar-refractivity contribution in [3.8, 4) is 0 Å². The van der Waals surface area contributed by atoms with Gasteiger partial charge in [-0.3, -0.25) is 9.69 Å². The lowest BCUT2D eigenvalue weighted by molar-refractivity contribution is -0.113. The molecular formula is C18H12BrNOS2. The lowest BCUT2D eigenvalue weighted by atomic mass is 10.2. The van der Waals surface area contributed by atoms with Gasteiger partial charge in [-0.2, -0.15) is 0 Å². The van der Waals surface area contributed by atoms with Crippen LogP contribution in [0.15, 0.2) is 76.1 Å². The maximum Gasteiger partial charge on any atom is 0.270 e. The molecular weight excluding hydrogens is 390 g/mol. The van der Waals surface area contributed by atoms with Crippen molar-refractivity contribution in [2.24, 2.45) is 0 Å². The SMILES string of the molecule is O=C1C(=CC=Cc2ccccc2)SC(=S)N1c1cccc(Br)c1. The second-order valence-electron chi connectivity index (χ2n) is 4.79. The molecule has 114 valence electrons. The van der Waals surface area contributed by atoms with Crippen LogP contribution in [-0.2, 0) is 4.79 Å². The maximum absolute atomic E-state index is 12.6. The largest absolute Gasteiger partial charge is 0.270 e. The Bertz CT molecular complexity index is 815. The summed E-state index contributed by atoms with van der Waals surface area (Å²) in [5, 5.41) is 0. The van der Waals surface area contributed by atoms with Gasteiger partial charge in [0.05, 0.1) is 10.6 Å². The molecule has 2 aromatic carbocycles. The van der Waals surface area contributed by atoms with Crippen molar-refractivity contribution in [2.45, 2.75) is 0 Å². The van der Waals surface area contributed by atoms with Crippen LogP contribution in [0, 0.1) is 0 Å². The minimum atomic E-state index is -0.0872. The van der Waals surface area contributed by atoms with Gasteiger partial charge in [0.2, 0.25) is 0 Å². The Morgan fingerprint density at radius 3 is 2.61 bits per heavy atom. The molecule has 0 bridgehead atoms. The lowest BCUT2D eigenvalue weighted by Gasteiger charge is -2.14. The van der Waals surface area contributed by atoms with Crippen LogP contribution in [0.4, 0.5) is 5.69 Å². The first-order valence-electron chi connectivity index (χ1n) is 6.90. The van der Waals surface area contributed by atoms with E-state index in [0.29, 0.717) is 9.23 Å². The zero-order valence-electron chi connectivity index (χ0n) is 12.0. The fourth-order valence-corrected chi connectivity index (χ4v) is 3.77. The number of anilines is 1. The van der Waals surface area contributed by atoms with E-state index in [1.54, 1.807) is 4.90 Å². The molecule has 0 spiro atoms. The summed E-state index contributed by atoms with van der Waals surface area (Å²) < 4.78 is 1.46. The Hall–Kier alpha value is -1.69. The molecule has 0 unspecified atom stereocenters. The molecule has 1 aliphatic heterocycles. The van der Waals surface area contributed by atoms with Crippen LogP contribution in [0.5, 0.6) is 0 Å². The number of halogens is 1. The Balaban J connectivity index is 1.81. The fourth-order valence-electron chi connectivity index (χ4n) is 2.13. The van der Waals surface area contributed by atoms with Crippen molar-refractivity contribution in [3.05, 3.63) is 81.7 Å². The Morgan fingerprint density at radius 2 is 1.87 bits per heavy atom. The van der Waals surface area contributed by atoms with Crippen molar-refractivity contribution in [1.29, 1.82) is 0 Å². The third kappa shape index (κ3) is 3.80. The van der Waals surface area contributed by atoms with Gasteiger partial charge in [-0.25, -0.2) is 0 Å². The maximum atomic E-state index is 12.6. The smallest absolute Gasteiger partial charge is 0.268 e. The number of allylic oxidation sites excluding steroid dienone is 2. The molecule has 1 saturated heterocycles. The number of thioether (sulfide) groups is 1. The van der Waals surface area contributed by atoms with Gasteiger partial charge in [-0.1, -0.05) is 88.5 Å². The predicted molar refractivity (Wildman–Crippen MR) is 105 cm³/mol. The van der Waals surface area contributed by atoms with Crippen molar-refractivity contribution < 1.29 is 4.79 Å². The number of carbonyl (C=O) groups is 1. The van der Waals surface area contributed by atoms with Crippen LogP contribution in [-0.4, -0.2) is 10.2 Å². The minimum absolute atomic E-state index is 0.0872. The Kier molecular flexibility index (Phi) is 5.10. The van der Waals surface area contributed by atoms with E-state index in [2.05, 4.69) is 15.9 Å². The molecule has 2 nitrogen and oxygen atoms in total. The first-order chi connectivity index (χ1) is 11.1. The summed E-state index contributed by atoms with van der Waals surface area (Å²) in [4.78, 5) is 14.8. The normalized spacial score (nSPS) is 16.7. The average Bonchev–Trinajstić information content (AvgIpc) is 2.82. The summed E-state index contributed by atoms with van der Waals surface area (Å²) in [7, 11) is 0. The number of amides is 1. The highest BCUT2D eigenvalue weighted by atomic mass is 79.9. The van der Waals surface area contributed by atoms with E-state index < -0.39 is 0 Å². The molecule has 0 aromatic heterocycles. The number of thiocarbonyl (C=S) groups is 1. The van der Waals surface area contributed by atoms with E-state index in [1.807, 2.05) is 72.8 Å². The van der Waals surface area contributed by atoms with Crippen molar-refractivity contribution in [3.63, 3.8) is 0 Å². The molecule has 1 fully saturated rings. The van der Waals surface area contributed by atoms with Gasteiger partial charge >= 0.3 is 0 Å². The molecule has 1 amide bonds. The summed E-state index contributed by atoms with van der Waals surface area (Å²) in [6, 6.07) is 17.5. The standard InChI is InChI=1S/C18H12BrNOS2/c19-14-9-5-10-15(12-14)20-17(21)16(23-18(20)22)11-4-8-13-6-2-1-3-7-13/h1-12H. The molecule has 0 atom stereocenters. The van der Waals surface area contributed by atoms with Gasteiger partial charge in [-0.05, 0) is 29.8 Å². The van der Waals surface area contributed by atoms with Gasteiger partial charge in [0, 0.05) is 4.47 Å². The number of nitrogens with zero attached hydrogens (tertiary/aromatic N) is 1. The monoisotopic (exact) mass is 401 g/mol. The average molecular weight is 402 g/mol. The van der Waals surface area contributed by atoms with Crippen molar-refractivity contribution >= 4 is 61.9 Å². The molecule has 1 aliphatic rings. The van der Waals surface area contributed by atoms with Gasteiger partial charge in [-0.15, -0.1) is 0 Å². The third-order valence-corrected chi connectivity index (χ3v) is 5.01. The van der Waals surface area contributed by atoms with Crippen LogP contribution < -0.4 is 4.90 Å². The fraction of sp³-hybridized carbons (Fsp3) is 0. The van der Waals surface area contributed by atoms with Crippen molar-refractivity contribution in [1.82, 2.24) is 0 Å². The summed E-state index contributed by atoms with van der Waals surface area (Å²) in [6.45, 7) is 0. The first-order valence-corrected chi connectivity index (χ1v) is 8.92. The van der Waals surface area contributed by atoms with E-state index in [9.17, 15) is 4.79 Å². The van der Waals surface area contributed by atoms with Crippen LogP contribution in [0.3, 0.4) is 0 Å². The summed E-state index contributed by atoms with van der Waals surface area (Å²) in [6.07, 6.45) is 5.65. The first kappa shape index (κ1) is 16.2. The van der Waals surface area contributed by atoms with Gasteiger partial charge in [0.1, 0.15) is 0 Å². The highest BCUT2D eigenvalue weighted by Gasteiger charge is 2.32. The van der Waals surface area contributed by atoms with E-state index >= 15 is 0 Å². The van der Waals surface area contributed by atoms with Gasteiger partial charge < -0.3 is 0 Å². The van der Waals surface area contributed by atoms with Crippen LogP contribution in [0.2, 0.25) is 0 Å². The van der Waals surface area contributed by atoms with Crippen LogP contribution in [0.25, 0.3) is 6.08 Å². The zero-order valence-corrected chi connectivity index (χ0v) is 15.2. The quantitative estimate of drug-likeness (QED) is 0.506. The molecule has 0 radical (unpaired) electrons. The molecule has 5 heteroatoms. The molecule has 1 heterocycles. The molecule has 23 heavy (non-hydrogen) atoms. The predicted octanol–water partition coefficient (Wildman–Crippen LogP) is 5.41. The third-order valence-electron chi connectivity index (χ3n) is 3.20. The summed E-state index contributed by atoms with van der Waals surface area (Å²) in [5.74, 6) is -0.0872. The molecule has 0 N–H and O–H groups in total. The Labute approximate surface area is 153 Å². The Morgan fingerprint density at radius 1 is 1.09 bits per heavy atom. The molecule has 0 saturated carbocycles. The zero-order chi connectivity index (χ0) is 16.2. The number of hydrogen-bond donors (Lipinski definition) is 0. The molecule has 2 aromatic rings. The summed E-state index contributed by atoms with van der Waals surface area (Å²) >= 11 is 10.1. The van der Waals surface area contributed by atoms with E-state index in [-0.39, 0.29) is 5.91 Å². The molecule has 0 aliphatic carbocycles. The van der Waals surface area contributed by atoms with Gasteiger partial charge in [0.15, 0.2) is 4.32 Å². The van der Waals surface area contributed by atoms with Crippen LogP contribution in [0.1, 0.15) is 5.56 Å². The summed E-state index contributed by atoms with van der Waals surface area (Å²) in [5.41, 5.74) is 1.86. The second kappa shape index (κ2) is 7.25. The second-order valence-corrected chi connectivity index (χ2v) is 7.38. The topological polar surface area (TPSA) is 20.3 Å².